The van der Waals surface area contributed by atoms with E-state index in [9.17, 15) is 16.8 Å². The van der Waals surface area contributed by atoms with Crippen LogP contribution < -0.4 is 5.14 Å². The maximum atomic E-state index is 12.6. The summed E-state index contributed by atoms with van der Waals surface area (Å²) in [5.74, 6) is 0. The van der Waals surface area contributed by atoms with E-state index in [0.29, 0.717) is 0 Å². The van der Waals surface area contributed by atoms with Gasteiger partial charge in [0, 0.05) is 13.1 Å². The zero-order chi connectivity index (χ0) is 15.8. The van der Waals surface area contributed by atoms with Crippen LogP contribution >= 0.6 is 0 Å². The van der Waals surface area contributed by atoms with Crippen LogP contribution in [0.2, 0.25) is 0 Å². The van der Waals surface area contributed by atoms with E-state index in [-0.39, 0.29) is 35.1 Å². The molecule has 1 saturated heterocycles. The highest BCUT2D eigenvalue weighted by Gasteiger charge is 2.32. The van der Waals surface area contributed by atoms with Gasteiger partial charge in [-0.1, -0.05) is 6.07 Å². The topological polar surface area (TPSA) is 107 Å². The van der Waals surface area contributed by atoms with Crippen LogP contribution in [0.15, 0.2) is 34.1 Å². The van der Waals surface area contributed by atoms with Gasteiger partial charge in [0.2, 0.25) is 20.0 Å². The molecule has 2 rings (SSSR count). The number of benzene rings is 1. The Morgan fingerprint density at radius 1 is 1.10 bits per heavy atom. The Morgan fingerprint density at radius 3 is 2.14 bits per heavy atom. The van der Waals surface area contributed by atoms with Gasteiger partial charge in [0.05, 0.1) is 22.0 Å². The number of nitrogens with two attached hydrogens (primary N) is 1. The SMILES string of the molecule is C[C@@H]1CN(S(=O)(=O)c2cccc(S(N)(=O)=O)c2)C[C@H](C)O1. The molecule has 1 aliphatic rings. The first kappa shape index (κ1) is 16.4. The van der Waals surface area contributed by atoms with Gasteiger partial charge in [-0.25, -0.2) is 22.0 Å². The van der Waals surface area contributed by atoms with E-state index in [1.807, 2.05) is 0 Å². The van der Waals surface area contributed by atoms with E-state index in [1.54, 1.807) is 13.8 Å². The lowest BCUT2D eigenvalue weighted by atomic mass is 10.3. The molecule has 1 fully saturated rings. The van der Waals surface area contributed by atoms with E-state index in [0.717, 1.165) is 6.07 Å². The van der Waals surface area contributed by atoms with Crippen molar-refractivity contribution in [2.24, 2.45) is 5.14 Å². The molecule has 1 aliphatic heterocycles. The number of nitrogens with zero attached hydrogens (tertiary/aromatic N) is 1. The first-order valence-corrected chi connectivity index (χ1v) is 9.38. The lowest BCUT2D eigenvalue weighted by Gasteiger charge is -2.34. The van der Waals surface area contributed by atoms with Crippen molar-refractivity contribution in [1.29, 1.82) is 0 Å². The number of morpholine rings is 1. The van der Waals surface area contributed by atoms with Crippen LogP contribution in [0.5, 0.6) is 0 Å². The second kappa shape index (κ2) is 5.65. The van der Waals surface area contributed by atoms with Crippen LogP contribution in [-0.2, 0) is 24.8 Å². The third-order valence-corrected chi connectivity index (χ3v) is 5.90. The maximum absolute atomic E-state index is 12.6. The normalized spacial score (nSPS) is 24.9. The van der Waals surface area contributed by atoms with E-state index >= 15 is 0 Å². The fraction of sp³-hybridized carbons (Fsp3) is 0.500. The number of sulfonamides is 2. The molecule has 0 aromatic heterocycles. The minimum Gasteiger partial charge on any atom is -0.373 e. The molecular formula is C12H18N2O5S2. The Hall–Kier alpha value is -1.00. The smallest absolute Gasteiger partial charge is 0.243 e. The van der Waals surface area contributed by atoms with Crippen molar-refractivity contribution in [2.45, 2.75) is 35.8 Å². The fourth-order valence-electron chi connectivity index (χ4n) is 2.29. The van der Waals surface area contributed by atoms with Crippen molar-refractivity contribution in [3.05, 3.63) is 24.3 Å². The Balaban J connectivity index is 2.40. The Kier molecular flexibility index (Phi) is 4.41. The van der Waals surface area contributed by atoms with Crippen LogP contribution in [0, 0.1) is 0 Å². The van der Waals surface area contributed by atoms with Gasteiger partial charge < -0.3 is 4.74 Å². The Labute approximate surface area is 124 Å². The zero-order valence-electron chi connectivity index (χ0n) is 11.8. The third-order valence-electron chi connectivity index (χ3n) is 3.16. The average Bonchev–Trinajstić information content (AvgIpc) is 2.36. The second-order valence-corrected chi connectivity index (χ2v) is 8.60. The molecule has 0 bridgehead atoms. The summed E-state index contributed by atoms with van der Waals surface area (Å²) in [6.07, 6.45) is -0.435. The lowest BCUT2D eigenvalue weighted by Crippen LogP contribution is -2.48. The quantitative estimate of drug-likeness (QED) is 0.845. The summed E-state index contributed by atoms with van der Waals surface area (Å²) >= 11 is 0. The van der Waals surface area contributed by atoms with Gasteiger partial charge >= 0.3 is 0 Å². The Bertz CT molecular complexity index is 720. The molecule has 2 atom stereocenters. The number of rotatable bonds is 3. The van der Waals surface area contributed by atoms with Crippen molar-refractivity contribution in [2.75, 3.05) is 13.1 Å². The molecule has 7 nitrogen and oxygen atoms in total. The van der Waals surface area contributed by atoms with Crippen molar-refractivity contribution >= 4 is 20.0 Å². The third kappa shape index (κ3) is 3.61. The minimum atomic E-state index is -3.95. The first-order chi connectivity index (χ1) is 9.60. The van der Waals surface area contributed by atoms with Crippen LogP contribution in [-0.4, -0.2) is 46.4 Å². The molecule has 21 heavy (non-hydrogen) atoms. The summed E-state index contributed by atoms with van der Waals surface area (Å²) < 4.78 is 54.7. The molecule has 0 amide bonds. The summed E-state index contributed by atoms with van der Waals surface area (Å²) in [6, 6.07) is 5.06. The first-order valence-electron chi connectivity index (χ1n) is 6.39. The van der Waals surface area contributed by atoms with Gasteiger partial charge in [-0.15, -0.1) is 0 Å². The molecular weight excluding hydrogens is 316 g/mol. The summed E-state index contributed by atoms with van der Waals surface area (Å²) in [5.41, 5.74) is 0. The summed E-state index contributed by atoms with van der Waals surface area (Å²) in [5, 5.41) is 5.04. The van der Waals surface area contributed by atoms with Gasteiger partial charge in [-0.05, 0) is 32.0 Å². The van der Waals surface area contributed by atoms with Crippen LogP contribution in [0.25, 0.3) is 0 Å². The average molecular weight is 334 g/mol. The monoisotopic (exact) mass is 334 g/mol. The van der Waals surface area contributed by atoms with Gasteiger partial charge in [0.1, 0.15) is 0 Å². The predicted molar refractivity (Wildman–Crippen MR) is 76.6 cm³/mol. The van der Waals surface area contributed by atoms with E-state index in [2.05, 4.69) is 0 Å². The fourth-order valence-corrected chi connectivity index (χ4v) is 4.56. The highest BCUT2D eigenvalue weighted by Crippen LogP contribution is 2.22. The molecule has 0 unspecified atom stereocenters. The molecule has 118 valence electrons. The molecule has 0 aliphatic carbocycles. The van der Waals surface area contributed by atoms with E-state index in [4.69, 9.17) is 9.88 Å². The van der Waals surface area contributed by atoms with E-state index < -0.39 is 20.0 Å². The molecule has 0 radical (unpaired) electrons. The minimum absolute atomic E-state index is 0.0877. The molecule has 9 heteroatoms. The number of hydrogen-bond donors (Lipinski definition) is 1. The largest absolute Gasteiger partial charge is 0.373 e. The molecule has 0 spiro atoms. The molecule has 1 aromatic carbocycles. The van der Waals surface area contributed by atoms with Gasteiger partial charge in [-0.3, -0.25) is 0 Å². The lowest BCUT2D eigenvalue weighted by molar-refractivity contribution is -0.0440. The Morgan fingerprint density at radius 2 is 1.62 bits per heavy atom. The zero-order valence-corrected chi connectivity index (χ0v) is 13.4. The molecule has 2 N–H and O–H groups in total. The van der Waals surface area contributed by atoms with Crippen molar-refractivity contribution in [3.8, 4) is 0 Å². The highest BCUT2D eigenvalue weighted by molar-refractivity contribution is 7.90. The van der Waals surface area contributed by atoms with E-state index in [1.165, 1.54) is 22.5 Å². The second-order valence-electron chi connectivity index (χ2n) is 5.10. The standard InChI is InChI=1S/C12H18N2O5S2/c1-9-7-14(8-10(2)19-9)21(17,18)12-5-3-4-11(6-12)20(13,15)16/h3-6,9-10H,7-8H2,1-2H3,(H2,13,15,16)/t9-,10+. The molecule has 0 saturated carbocycles. The number of hydrogen-bond acceptors (Lipinski definition) is 5. The van der Waals surface area contributed by atoms with Gasteiger partial charge in [-0.2, -0.15) is 4.31 Å². The van der Waals surface area contributed by atoms with Crippen molar-refractivity contribution < 1.29 is 21.6 Å². The summed E-state index contributed by atoms with van der Waals surface area (Å²) in [4.78, 5) is -0.312. The molecule has 1 heterocycles. The highest BCUT2D eigenvalue weighted by atomic mass is 32.2. The number of primary sulfonamides is 1. The summed E-state index contributed by atoms with van der Waals surface area (Å²) in [7, 11) is -7.72. The number of ether oxygens (including phenoxy) is 1. The predicted octanol–water partition coefficient (Wildman–Crippen LogP) is 0.132. The van der Waals surface area contributed by atoms with Gasteiger partial charge in [0.15, 0.2) is 0 Å². The maximum Gasteiger partial charge on any atom is 0.243 e. The van der Waals surface area contributed by atoms with Crippen molar-refractivity contribution in [1.82, 2.24) is 4.31 Å². The van der Waals surface area contributed by atoms with Crippen LogP contribution in [0.1, 0.15) is 13.8 Å². The molecule has 1 aromatic rings. The summed E-state index contributed by atoms with van der Waals surface area (Å²) in [6.45, 7) is 4.04. The van der Waals surface area contributed by atoms with Crippen LogP contribution in [0.3, 0.4) is 0 Å². The van der Waals surface area contributed by atoms with Gasteiger partial charge in [0.25, 0.3) is 0 Å². The van der Waals surface area contributed by atoms with Crippen LogP contribution in [0.4, 0.5) is 0 Å². The van der Waals surface area contributed by atoms with Crippen molar-refractivity contribution in [3.63, 3.8) is 0 Å².